The molecule has 0 heterocycles. The molecule has 0 aromatic heterocycles. The number of esters is 2. The average Bonchev–Trinajstić information content (AvgIpc) is 2.37. The van der Waals surface area contributed by atoms with Crippen LogP contribution in [0, 0.1) is 16.0 Å². The molecule has 0 radical (unpaired) electrons. The number of carbonyl (C=O) groups is 2. The molecular formula is C13H23NO8. The minimum atomic E-state index is -0.982. The molecule has 1 atom stereocenters. The van der Waals surface area contributed by atoms with Gasteiger partial charge in [0, 0.05) is 0 Å². The molecule has 0 aromatic rings. The molecule has 9 nitrogen and oxygen atoms in total. The summed E-state index contributed by atoms with van der Waals surface area (Å²) in [6.07, 6.45) is 0.464. The first-order valence-electron chi connectivity index (χ1n) is 6.92. The number of hydrogen-bond acceptors (Lipinski definition) is 8. The van der Waals surface area contributed by atoms with E-state index >= 15 is 0 Å². The third kappa shape index (κ3) is 10.8. The number of aliphatic hydroxyl groups excluding tert-OH is 1. The lowest BCUT2D eigenvalue weighted by Gasteiger charge is -2.21. The predicted octanol–water partition coefficient (Wildman–Crippen LogP) is 0.858. The van der Waals surface area contributed by atoms with Crippen molar-refractivity contribution in [2.45, 2.75) is 45.6 Å². The molecular weight excluding hydrogens is 298 g/mol. The van der Waals surface area contributed by atoms with Crippen molar-refractivity contribution in [3.63, 3.8) is 0 Å². The zero-order valence-electron chi connectivity index (χ0n) is 13.1. The van der Waals surface area contributed by atoms with Crippen molar-refractivity contribution in [2.24, 2.45) is 5.92 Å². The molecule has 1 unspecified atom stereocenters. The van der Waals surface area contributed by atoms with Crippen molar-refractivity contribution in [3.05, 3.63) is 10.1 Å². The van der Waals surface area contributed by atoms with E-state index in [-0.39, 0.29) is 19.6 Å². The van der Waals surface area contributed by atoms with Crippen LogP contribution in [0.3, 0.4) is 0 Å². The van der Waals surface area contributed by atoms with Crippen LogP contribution in [0.15, 0.2) is 0 Å². The lowest BCUT2D eigenvalue weighted by Crippen LogP contribution is -2.29. The van der Waals surface area contributed by atoms with E-state index in [1.807, 2.05) is 0 Å². The minimum Gasteiger partial charge on any atom is -0.465 e. The SMILES string of the molecule is CC(C)(C)OC(=O)CC(CO)C(=O)OCCCCO[N+](=O)[O-]. The summed E-state index contributed by atoms with van der Waals surface area (Å²) in [5.41, 5.74) is -0.669. The molecule has 0 aliphatic heterocycles. The first-order valence-corrected chi connectivity index (χ1v) is 6.92. The summed E-state index contributed by atoms with van der Waals surface area (Å²) in [5.74, 6) is -2.28. The Balaban J connectivity index is 4.00. The van der Waals surface area contributed by atoms with E-state index in [9.17, 15) is 19.7 Å². The van der Waals surface area contributed by atoms with Crippen LogP contribution in [0.5, 0.6) is 0 Å². The quantitative estimate of drug-likeness (QED) is 0.272. The van der Waals surface area contributed by atoms with Crippen LogP contribution in [0.2, 0.25) is 0 Å². The molecule has 22 heavy (non-hydrogen) atoms. The molecule has 0 aromatic carbocycles. The Bertz CT molecular complexity index is 377. The van der Waals surface area contributed by atoms with Crippen molar-refractivity contribution in [2.75, 3.05) is 19.8 Å². The molecule has 0 spiro atoms. The number of aliphatic hydroxyl groups is 1. The molecule has 0 aliphatic rings. The predicted molar refractivity (Wildman–Crippen MR) is 74.2 cm³/mol. The van der Waals surface area contributed by atoms with Gasteiger partial charge in [0.15, 0.2) is 0 Å². The number of nitrogens with zero attached hydrogens (tertiary/aromatic N) is 1. The van der Waals surface area contributed by atoms with Gasteiger partial charge in [-0.25, -0.2) is 0 Å². The monoisotopic (exact) mass is 321 g/mol. The van der Waals surface area contributed by atoms with Crippen LogP contribution < -0.4 is 0 Å². The first kappa shape index (κ1) is 20.1. The number of carbonyl (C=O) groups excluding carboxylic acids is 2. The Morgan fingerprint density at radius 3 is 2.32 bits per heavy atom. The molecule has 0 fully saturated rings. The van der Waals surface area contributed by atoms with Gasteiger partial charge in [0.25, 0.3) is 5.09 Å². The van der Waals surface area contributed by atoms with Gasteiger partial charge >= 0.3 is 11.9 Å². The first-order chi connectivity index (χ1) is 10.2. The van der Waals surface area contributed by atoms with E-state index in [1.54, 1.807) is 20.8 Å². The smallest absolute Gasteiger partial charge is 0.311 e. The summed E-state index contributed by atoms with van der Waals surface area (Å²) in [6.45, 7) is 4.53. The Kier molecular flexibility index (Phi) is 9.07. The Hall–Kier alpha value is -1.90. The van der Waals surface area contributed by atoms with Crippen LogP contribution in [0.25, 0.3) is 0 Å². The van der Waals surface area contributed by atoms with Gasteiger partial charge in [0.1, 0.15) is 5.60 Å². The van der Waals surface area contributed by atoms with Crippen LogP contribution >= 0.6 is 0 Å². The minimum absolute atomic E-state index is 0.0325. The summed E-state index contributed by atoms with van der Waals surface area (Å²) in [7, 11) is 0. The van der Waals surface area contributed by atoms with Crippen molar-refractivity contribution in [3.8, 4) is 0 Å². The molecule has 128 valence electrons. The topological polar surface area (TPSA) is 125 Å². The zero-order chi connectivity index (χ0) is 17.2. The number of ether oxygens (including phenoxy) is 2. The lowest BCUT2D eigenvalue weighted by atomic mass is 10.1. The lowest BCUT2D eigenvalue weighted by molar-refractivity contribution is -0.757. The fourth-order valence-corrected chi connectivity index (χ4v) is 1.44. The Morgan fingerprint density at radius 1 is 1.23 bits per heavy atom. The summed E-state index contributed by atoms with van der Waals surface area (Å²) < 4.78 is 9.96. The van der Waals surface area contributed by atoms with Crippen molar-refractivity contribution >= 4 is 11.9 Å². The summed E-state index contributed by atoms with van der Waals surface area (Å²) >= 11 is 0. The fraction of sp³-hybridized carbons (Fsp3) is 0.846. The van der Waals surface area contributed by atoms with Crippen molar-refractivity contribution < 1.29 is 34.1 Å². The van der Waals surface area contributed by atoms with Crippen molar-refractivity contribution in [1.82, 2.24) is 0 Å². The molecule has 0 rings (SSSR count). The van der Waals surface area contributed by atoms with Crippen LogP contribution in [-0.2, 0) is 23.9 Å². The molecule has 1 N–H and O–H groups in total. The third-order valence-electron chi connectivity index (χ3n) is 2.37. The maximum atomic E-state index is 11.7. The van der Waals surface area contributed by atoms with Crippen LogP contribution in [0.4, 0.5) is 0 Å². The van der Waals surface area contributed by atoms with E-state index in [1.165, 1.54) is 0 Å². The van der Waals surface area contributed by atoms with Crippen molar-refractivity contribution in [1.29, 1.82) is 0 Å². The Labute approximate surface area is 128 Å². The largest absolute Gasteiger partial charge is 0.465 e. The maximum Gasteiger partial charge on any atom is 0.311 e. The van der Waals surface area contributed by atoms with Gasteiger partial charge in [-0.3, -0.25) is 9.59 Å². The normalized spacial score (nSPS) is 12.4. The van der Waals surface area contributed by atoms with Crippen LogP contribution in [0.1, 0.15) is 40.0 Å². The third-order valence-corrected chi connectivity index (χ3v) is 2.37. The standard InChI is InChI=1S/C13H23NO8/c1-13(2,3)22-11(16)8-10(9-15)12(17)20-6-4-5-7-21-14(18)19/h10,15H,4-9H2,1-3H3. The highest BCUT2D eigenvalue weighted by Crippen LogP contribution is 2.13. The second-order valence-electron chi connectivity index (χ2n) is 5.60. The van der Waals surface area contributed by atoms with E-state index in [4.69, 9.17) is 14.6 Å². The Morgan fingerprint density at radius 2 is 1.82 bits per heavy atom. The molecule has 0 saturated carbocycles. The number of rotatable bonds is 10. The number of hydrogen-bond donors (Lipinski definition) is 1. The molecule has 0 amide bonds. The van der Waals surface area contributed by atoms with E-state index in [0.29, 0.717) is 12.8 Å². The van der Waals surface area contributed by atoms with E-state index in [2.05, 4.69) is 4.84 Å². The second kappa shape index (κ2) is 9.93. The van der Waals surface area contributed by atoms with Gasteiger partial charge in [-0.2, -0.15) is 0 Å². The van der Waals surface area contributed by atoms with Crippen LogP contribution in [-0.4, -0.2) is 47.6 Å². The highest BCUT2D eigenvalue weighted by molar-refractivity contribution is 5.80. The van der Waals surface area contributed by atoms with Gasteiger partial charge < -0.3 is 19.4 Å². The molecule has 0 bridgehead atoms. The van der Waals surface area contributed by atoms with Gasteiger partial charge in [-0.05, 0) is 33.6 Å². The summed E-state index contributed by atoms with van der Waals surface area (Å²) in [4.78, 5) is 37.3. The molecule has 0 saturated heterocycles. The van der Waals surface area contributed by atoms with Gasteiger partial charge in [0.05, 0.1) is 32.2 Å². The van der Waals surface area contributed by atoms with Gasteiger partial charge in [-0.1, -0.05) is 0 Å². The molecule has 9 heteroatoms. The number of unbranched alkanes of at least 4 members (excludes halogenated alkanes) is 1. The maximum absolute atomic E-state index is 11.7. The highest BCUT2D eigenvalue weighted by atomic mass is 16.9. The second-order valence-corrected chi connectivity index (χ2v) is 5.60. The van der Waals surface area contributed by atoms with Gasteiger partial charge in [-0.15, -0.1) is 10.1 Å². The van der Waals surface area contributed by atoms with E-state index < -0.39 is 35.2 Å². The zero-order valence-corrected chi connectivity index (χ0v) is 13.1. The summed E-state index contributed by atoms with van der Waals surface area (Å²) in [5, 5.41) is 18.1. The molecule has 0 aliphatic carbocycles. The average molecular weight is 321 g/mol. The fourth-order valence-electron chi connectivity index (χ4n) is 1.44. The summed E-state index contributed by atoms with van der Waals surface area (Å²) in [6, 6.07) is 0. The van der Waals surface area contributed by atoms with Gasteiger partial charge in [0.2, 0.25) is 0 Å². The highest BCUT2D eigenvalue weighted by Gasteiger charge is 2.26. The van der Waals surface area contributed by atoms with E-state index in [0.717, 1.165) is 0 Å².